The van der Waals surface area contributed by atoms with Gasteiger partial charge in [-0.3, -0.25) is 9.69 Å². The predicted octanol–water partition coefficient (Wildman–Crippen LogP) is 2.62. The Morgan fingerprint density at radius 2 is 1.56 bits per heavy atom. The van der Waals surface area contributed by atoms with Crippen molar-refractivity contribution in [3.05, 3.63) is 53.6 Å². The van der Waals surface area contributed by atoms with Crippen LogP contribution in [0.1, 0.15) is 11.1 Å². The van der Waals surface area contributed by atoms with Gasteiger partial charge in [-0.15, -0.1) is 0 Å². The fourth-order valence-corrected chi connectivity index (χ4v) is 4.73. The summed E-state index contributed by atoms with van der Waals surface area (Å²) in [6, 6.07) is 11.5. The average molecular weight is 475 g/mol. The van der Waals surface area contributed by atoms with Crippen LogP contribution in [-0.2, 0) is 17.5 Å². The molecule has 5 rings (SSSR count). The summed E-state index contributed by atoms with van der Waals surface area (Å²) in [7, 11) is 0. The quantitative estimate of drug-likeness (QED) is 0.634. The van der Waals surface area contributed by atoms with Crippen LogP contribution in [0.5, 0.6) is 0 Å². The lowest BCUT2D eigenvalue weighted by molar-refractivity contribution is -0.137. The van der Waals surface area contributed by atoms with Crippen LogP contribution in [-0.4, -0.2) is 74.2 Å². The van der Waals surface area contributed by atoms with Crippen LogP contribution in [0.4, 0.5) is 30.2 Å². The van der Waals surface area contributed by atoms with Crippen molar-refractivity contribution in [2.45, 2.75) is 18.9 Å². The molecule has 1 amide bonds. The molecule has 7 nitrogen and oxygen atoms in total. The Morgan fingerprint density at radius 3 is 2.24 bits per heavy atom. The van der Waals surface area contributed by atoms with Gasteiger partial charge in [-0.05, 0) is 35.9 Å². The maximum Gasteiger partial charge on any atom is 0.416 e. The number of nitrogens with zero attached hydrogens (tertiary/aromatic N) is 3. The number of amides is 1. The molecule has 0 saturated carbocycles. The van der Waals surface area contributed by atoms with E-state index in [0.29, 0.717) is 32.7 Å². The van der Waals surface area contributed by atoms with Crippen LogP contribution < -0.4 is 20.9 Å². The smallest absolute Gasteiger partial charge is 0.369 e. The van der Waals surface area contributed by atoms with Crippen molar-refractivity contribution in [3.63, 3.8) is 0 Å². The van der Waals surface area contributed by atoms with Crippen molar-refractivity contribution in [2.75, 3.05) is 67.9 Å². The highest BCUT2D eigenvalue weighted by atomic mass is 19.4. The van der Waals surface area contributed by atoms with E-state index in [4.69, 9.17) is 0 Å². The summed E-state index contributed by atoms with van der Waals surface area (Å²) in [4.78, 5) is 19.5. The minimum absolute atomic E-state index is 0.00843. The largest absolute Gasteiger partial charge is 0.416 e. The zero-order chi connectivity index (χ0) is 23.7. The lowest BCUT2D eigenvalue weighted by atomic mass is 10.1. The first-order chi connectivity index (χ1) is 16.4. The number of alkyl halides is 3. The number of nitrogens with one attached hydrogen (secondary N) is 3. The topological polar surface area (TPSA) is 62.9 Å². The van der Waals surface area contributed by atoms with Crippen molar-refractivity contribution >= 4 is 23.0 Å². The molecule has 2 saturated heterocycles. The number of hydrogen-bond acceptors (Lipinski definition) is 6. The molecule has 0 spiro atoms. The zero-order valence-corrected chi connectivity index (χ0v) is 18.9. The van der Waals surface area contributed by atoms with Crippen molar-refractivity contribution in [1.29, 1.82) is 0 Å². The summed E-state index contributed by atoms with van der Waals surface area (Å²) in [5.74, 6) is 0.00843. The van der Waals surface area contributed by atoms with Gasteiger partial charge in [-0.25, -0.2) is 0 Å². The van der Waals surface area contributed by atoms with E-state index in [0.717, 1.165) is 60.9 Å². The number of rotatable bonds is 4. The van der Waals surface area contributed by atoms with Crippen LogP contribution in [0.2, 0.25) is 0 Å². The SMILES string of the molecule is O=C(C1Nc2ccc(N3CCNCC3)cc2N1)N1CCN(Cc2ccc(C(F)(F)F)cc2)CC1. The van der Waals surface area contributed by atoms with Gasteiger partial charge >= 0.3 is 6.18 Å². The van der Waals surface area contributed by atoms with Gasteiger partial charge in [-0.1, -0.05) is 12.1 Å². The predicted molar refractivity (Wildman–Crippen MR) is 126 cm³/mol. The Bertz CT molecular complexity index is 1010. The normalized spacial score (nSPS) is 21.1. The van der Waals surface area contributed by atoms with Gasteiger partial charge in [0, 0.05) is 64.6 Å². The number of halogens is 3. The second-order valence-electron chi connectivity index (χ2n) is 8.98. The number of anilines is 3. The van der Waals surface area contributed by atoms with E-state index in [1.807, 2.05) is 11.0 Å². The van der Waals surface area contributed by atoms with Gasteiger partial charge in [0.05, 0.1) is 16.9 Å². The summed E-state index contributed by atoms with van der Waals surface area (Å²) in [5.41, 5.74) is 3.22. The van der Waals surface area contributed by atoms with E-state index in [9.17, 15) is 18.0 Å². The highest BCUT2D eigenvalue weighted by Gasteiger charge is 2.32. The van der Waals surface area contributed by atoms with E-state index in [-0.39, 0.29) is 5.91 Å². The summed E-state index contributed by atoms with van der Waals surface area (Å²) < 4.78 is 38.3. The molecule has 2 aromatic carbocycles. The van der Waals surface area contributed by atoms with Crippen LogP contribution in [0.25, 0.3) is 0 Å². The Balaban J connectivity index is 1.13. The molecule has 2 aromatic rings. The molecule has 1 atom stereocenters. The van der Waals surface area contributed by atoms with E-state index in [1.54, 1.807) is 0 Å². The summed E-state index contributed by atoms with van der Waals surface area (Å²) in [6.07, 6.45) is -4.81. The number of piperazine rings is 2. The molecule has 10 heteroatoms. The second kappa shape index (κ2) is 9.34. The molecule has 2 fully saturated rings. The monoisotopic (exact) mass is 474 g/mol. The maximum atomic E-state index is 13.1. The summed E-state index contributed by atoms with van der Waals surface area (Å²) in [5, 5.41) is 9.98. The molecule has 3 aliphatic heterocycles. The van der Waals surface area contributed by atoms with E-state index < -0.39 is 17.9 Å². The maximum absolute atomic E-state index is 13.1. The first kappa shape index (κ1) is 22.8. The summed E-state index contributed by atoms with van der Waals surface area (Å²) in [6.45, 7) is 6.96. The Kier molecular flexibility index (Phi) is 6.26. The minimum Gasteiger partial charge on any atom is -0.369 e. The third-order valence-corrected chi connectivity index (χ3v) is 6.70. The standard InChI is InChI=1S/C24H29F3N6O/c25-24(26,27)18-3-1-17(2-4-18)16-31-11-13-33(14-12-31)23(34)22-29-20-6-5-19(15-21(20)30-22)32-9-7-28-8-10-32/h1-6,15,22,28-30H,7-14,16H2. The first-order valence-corrected chi connectivity index (χ1v) is 11.7. The van der Waals surface area contributed by atoms with Crippen molar-refractivity contribution in [3.8, 4) is 0 Å². The van der Waals surface area contributed by atoms with Gasteiger partial charge in [0.2, 0.25) is 0 Å². The Morgan fingerprint density at radius 1 is 0.882 bits per heavy atom. The fraction of sp³-hybridized carbons (Fsp3) is 0.458. The summed E-state index contributed by atoms with van der Waals surface area (Å²) >= 11 is 0. The van der Waals surface area contributed by atoms with Gasteiger partial charge in [0.1, 0.15) is 0 Å². The third kappa shape index (κ3) is 4.92. The third-order valence-electron chi connectivity index (χ3n) is 6.70. The average Bonchev–Trinajstić information content (AvgIpc) is 3.28. The molecular formula is C24H29F3N6O. The van der Waals surface area contributed by atoms with Crippen LogP contribution in [0.15, 0.2) is 42.5 Å². The number of hydrogen-bond donors (Lipinski definition) is 3. The molecular weight excluding hydrogens is 445 g/mol. The van der Waals surface area contributed by atoms with Crippen molar-refractivity contribution in [1.82, 2.24) is 15.1 Å². The van der Waals surface area contributed by atoms with Crippen molar-refractivity contribution in [2.24, 2.45) is 0 Å². The molecule has 3 aliphatic rings. The number of benzene rings is 2. The molecule has 34 heavy (non-hydrogen) atoms. The lowest BCUT2D eigenvalue weighted by Gasteiger charge is -2.36. The van der Waals surface area contributed by atoms with Crippen molar-refractivity contribution < 1.29 is 18.0 Å². The van der Waals surface area contributed by atoms with E-state index in [1.165, 1.54) is 12.1 Å². The molecule has 0 aromatic heterocycles. The second-order valence-corrected chi connectivity index (χ2v) is 8.98. The molecule has 0 aliphatic carbocycles. The van der Waals surface area contributed by atoms with Gasteiger partial charge in [-0.2, -0.15) is 13.2 Å². The first-order valence-electron chi connectivity index (χ1n) is 11.7. The van der Waals surface area contributed by atoms with E-state index >= 15 is 0 Å². The number of carbonyl (C=O) groups excluding carboxylic acids is 1. The van der Waals surface area contributed by atoms with Gasteiger partial charge < -0.3 is 25.8 Å². The van der Waals surface area contributed by atoms with Crippen LogP contribution in [0.3, 0.4) is 0 Å². The van der Waals surface area contributed by atoms with Gasteiger partial charge in [0.25, 0.3) is 5.91 Å². The molecule has 0 radical (unpaired) electrons. The highest BCUT2D eigenvalue weighted by molar-refractivity contribution is 5.93. The Labute approximate surface area is 196 Å². The Hall–Kier alpha value is -2.98. The fourth-order valence-electron chi connectivity index (χ4n) is 4.73. The number of fused-ring (bicyclic) bond motifs is 1. The van der Waals surface area contributed by atoms with E-state index in [2.05, 4.69) is 37.9 Å². The van der Waals surface area contributed by atoms with Crippen LogP contribution >= 0.6 is 0 Å². The molecule has 0 bridgehead atoms. The number of carbonyl (C=O) groups is 1. The minimum atomic E-state index is -4.32. The molecule has 1 unspecified atom stereocenters. The molecule has 3 N–H and O–H groups in total. The zero-order valence-electron chi connectivity index (χ0n) is 18.9. The highest BCUT2D eigenvalue weighted by Crippen LogP contribution is 2.34. The molecule has 182 valence electrons. The van der Waals surface area contributed by atoms with Gasteiger partial charge in [0.15, 0.2) is 6.17 Å². The lowest BCUT2D eigenvalue weighted by Crippen LogP contribution is -2.53. The molecule has 3 heterocycles. The van der Waals surface area contributed by atoms with Crippen LogP contribution in [0, 0.1) is 0 Å².